The van der Waals surface area contributed by atoms with Crippen molar-refractivity contribution in [2.75, 3.05) is 20.6 Å². The van der Waals surface area contributed by atoms with Gasteiger partial charge in [0.2, 0.25) is 0 Å². The van der Waals surface area contributed by atoms with Crippen molar-refractivity contribution in [1.29, 1.82) is 0 Å². The lowest BCUT2D eigenvalue weighted by atomic mass is 9.53. The minimum atomic E-state index is -2.11. The Bertz CT molecular complexity index is 778. The highest BCUT2D eigenvalue weighted by Crippen LogP contribution is 2.62. The highest BCUT2D eigenvalue weighted by molar-refractivity contribution is 5.62. The van der Waals surface area contributed by atoms with E-state index in [1.54, 1.807) is 18.1 Å². The molecule has 1 fully saturated rings. The van der Waals surface area contributed by atoms with E-state index in [-0.39, 0.29) is 23.5 Å². The van der Waals surface area contributed by atoms with Crippen LogP contribution in [0.3, 0.4) is 0 Å². The second kappa shape index (κ2) is 4.06. The zero-order valence-electron chi connectivity index (χ0n) is 15.5. The number of nitrogens with zero attached hydrogens (tertiary/aromatic N) is 1. The van der Waals surface area contributed by atoms with Crippen molar-refractivity contribution >= 4 is 0 Å². The maximum Gasteiger partial charge on any atom is 0.165 e. The summed E-state index contributed by atoms with van der Waals surface area (Å²) in [4.78, 5) is 1.66. The molecule has 2 aliphatic heterocycles. The van der Waals surface area contributed by atoms with Gasteiger partial charge in [0, 0.05) is 27.1 Å². The summed E-state index contributed by atoms with van der Waals surface area (Å²) in [5.41, 5.74) is 1.89. The molecule has 2 bridgehead atoms. The van der Waals surface area contributed by atoms with E-state index in [0.29, 0.717) is 25.1 Å². The van der Waals surface area contributed by atoms with E-state index in [2.05, 4.69) is 0 Å². The molecule has 2 aliphatic carbocycles. The van der Waals surface area contributed by atoms with Gasteiger partial charge in [0.15, 0.2) is 11.5 Å². The molecular weight excluding hydrogens is 278 g/mol. The molecule has 5 rings (SSSR count). The zero-order valence-corrected chi connectivity index (χ0v) is 12.5. The number of likely N-dealkylation sites (N-methyl/N-ethyl adjacent to an activating group) is 1. The van der Waals surface area contributed by atoms with E-state index in [4.69, 9.17) is 13.6 Å². The summed E-state index contributed by atoms with van der Waals surface area (Å²) in [6.07, 6.45) is 4.05. The van der Waals surface area contributed by atoms with Gasteiger partial charge in [0.05, 0.1) is 7.11 Å². The molecule has 0 aromatic heterocycles. The number of aliphatic hydroxyl groups is 1. The van der Waals surface area contributed by atoms with Crippen molar-refractivity contribution in [3.63, 3.8) is 0 Å². The number of piperidine rings is 1. The van der Waals surface area contributed by atoms with Gasteiger partial charge in [-0.05, 0) is 38.0 Å². The number of benzene rings is 1. The summed E-state index contributed by atoms with van der Waals surface area (Å²) in [5.74, 6) is 1.44. The Labute approximate surface area is 134 Å². The van der Waals surface area contributed by atoms with Gasteiger partial charge in [-0.1, -0.05) is 18.2 Å². The maximum absolute atomic E-state index is 10.6. The molecule has 2 heterocycles. The lowest BCUT2D eigenvalue weighted by molar-refractivity contribution is -0.0453. The Morgan fingerprint density at radius 3 is 3.18 bits per heavy atom. The number of ether oxygens (including phenoxy) is 2. The SMILES string of the molecule is [2H]C([2H])([2H])N1CC[C@]23c4c5ccc(OC)c4O[C@H]2[C@@H](O)C=C[C@H]3[C@@H]1C5. The first-order valence-corrected chi connectivity index (χ1v) is 7.88. The van der Waals surface area contributed by atoms with Gasteiger partial charge in [0.1, 0.15) is 12.2 Å². The quantitative estimate of drug-likeness (QED) is 0.798. The molecule has 22 heavy (non-hydrogen) atoms. The average molecular weight is 302 g/mol. The monoisotopic (exact) mass is 302 g/mol. The van der Waals surface area contributed by atoms with E-state index < -0.39 is 13.1 Å². The van der Waals surface area contributed by atoms with Crippen LogP contribution >= 0.6 is 0 Å². The molecule has 0 amide bonds. The van der Waals surface area contributed by atoms with Gasteiger partial charge in [-0.15, -0.1) is 0 Å². The molecule has 1 spiro atoms. The predicted octanol–water partition coefficient (Wildman–Crippen LogP) is 1.50. The van der Waals surface area contributed by atoms with Crippen LogP contribution in [0.25, 0.3) is 0 Å². The van der Waals surface area contributed by atoms with Crippen molar-refractivity contribution in [2.24, 2.45) is 5.92 Å². The number of aliphatic hydroxyl groups excluding tert-OH is 1. The molecule has 5 atom stereocenters. The lowest BCUT2D eigenvalue weighted by Gasteiger charge is -2.56. The van der Waals surface area contributed by atoms with Crippen molar-refractivity contribution in [3.05, 3.63) is 35.4 Å². The van der Waals surface area contributed by atoms with Crippen LogP contribution < -0.4 is 9.47 Å². The maximum atomic E-state index is 10.6. The van der Waals surface area contributed by atoms with Gasteiger partial charge in [0.25, 0.3) is 0 Å². The standard InChI is InChI=1S/C18H21NO3/c1-19-8-7-18-11-4-5-13(20)17(18)22-16-14(21-2)6-3-10(15(16)18)9-12(11)19/h3-6,11-13,17,20H,7-9H2,1-2H3/t11-,12-,13-,17-,18-/m0/s1/i1D3. The molecule has 1 N–H and O–H groups in total. The molecule has 1 aromatic carbocycles. The third-order valence-electron chi connectivity index (χ3n) is 6.08. The van der Waals surface area contributed by atoms with Crippen molar-refractivity contribution in [3.8, 4) is 11.5 Å². The smallest absolute Gasteiger partial charge is 0.165 e. The molecule has 116 valence electrons. The third-order valence-corrected chi connectivity index (χ3v) is 6.08. The number of rotatable bonds is 1. The predicted molar refractivity (Wildman–Crippen MR) is 82.5 cm³/mol. The van der Waals surface area contributed by atoms with Gasteiger partial charge in [-0.25, -0.2) is 0 Å². The van der Waals surface area contributed by atoms with E-state index in [0.717, 1.165) is 16.9 Å². The zero-order chi connectivity index (χ0) is 17.6. The second-order valence-electron chi connectivity index (χ2n) is 6.83. The molecule has 4 heteroatoms. The molecule has 1 aromatic rings. The summed E-state index contributed by atoms with van der Waals surface area (Å²) < 4.78 is 35.6. The third kappa shape index (κ3) is 1.28. The normalized spacial score (nSPS) is 43.6. The number of hydrogen-bond acceptors (Lipinski definition) is 4. The van der Waals surface area contributed by atoms with Crippen LogP contribution in [0.4, 0.5) is 0 Å². The first kappa shape index (κ1) is 10.3. The summed E-state index contributed by atoms with van der Waals surface area (Å²) in [6.45, 7) is -1.63. The van der Waals surface area contributed by atoms with Crippen molar-refractivity contribution in [1.82, 2.24) is 4.90 Å². The van der Waals surface area contributed by atoms with Gasteiger partial charge in [-0.2, -0.15) is 0 Å². The molecule has 0 unspecified atom stereocenters. The Hall–Kier alpha value is -1.52. The number of hydrogen-bond donors (Lipinski definition) is 1. The number of methoxy groups -OCH3 is 1. The Morgan fingerprint density at radius 2 is 2.36 bits per heavy atom. The van der Waals surface area contributed by atoms with Crippen LogP contribution in [0, 0.1) is 5.92 Å². The molecule has 0 radical (unpaired) electrons. The van der Waals surface area contributed by atoms with Gasteiger partial charge in [-0.3, -0.25) is 0 Å². The Morgan fingerprint density at radius 1 is 1.45 bits per heavy atom. The molecule has 4 nitrogen and oxygen atoms in total. The van der Waals surface area contributed by atoms with E-state index >= 15 is 0 Å². The fourth-order valence-corrected chi connectivity index (χ4v) is 5.21. The largest absolute Gasteiger partial charge is 0.493 e. The fourth-order valence-electron chi connectivity index (χ4n) is 5.21. The van der Waals surface area contributed by atoms with Crippen LogP contribution in [0.15, 0.2) is 24.3 Å². The van der Waals surface area contributed by atoms with Gasteiger partial charge < -0.3 is 19.5 Å². The first-order chi connectivity index (χ1) is 11.9. The highest BCUT2D eigenvalue weighted by atomic mass is 16.5. The number of likely N-dealkylation sites (tertiary alicyclic amines) is 1. The minimum absolute atomic E-state index is 0.0240. The molecule has 4 aliphatic rings. The van der Waals surface area contributed by atoms with Crippen LogP contribution in [0.2, 0.25) is 0 Å². The molecular formula is C18H21NO3. The van der Waals surface area contributed by atoms with Gasteiger partial charge >= 0.3 is 0 Å². The van der Waals surface area contributed by atoms with Crippen molar-refractivity contribution < 1.29 is 18.7 Å². The highest BCUT2D eigenvalue weighted by Gasteiger charge is 2.64. The summed E-state index contributed by atoms with van der Waals surface area (Å²) >= 11 is 0. The fraction of sp³-hybridized carbons (Fsp3) is 0.556. The first-order valence-electron chi connectivity index (χ1n) is 9.38. The van der Waals surface area contributed by atoms with Crippen LogP contribution in [-0.4, -0.2) is 48.9 Å². The average Bonchev–Trinajstić information content (AvgIpc) is 2.89. The van der Waals surface area contributed by atoms with Crippen LogP contribution in [-0.2, 0) is 11.8 Å². The second-order valence-corrected chi connectivity index (χ2v) is 6.83. The Balaban J connectivity index is 1.75. The molecule has 1 saturated heterocycles. The summed E-state index contributed by atoms with van der Waals surface area (Å²) in [6, 6.07) is 3.81. The summed E-state index contributed by atoms with van der Waals surface area (Å²) in [7, 11) is 1.62. The van der Waals surface area contributed by atoms with E-state index in [1.165, 1.54) is 0 Å². The molecule has 0 saturated carbocycles. The van der Waals surface area contributed by atoms with E-state index in [1.807, 2.05) is 18.2 Å². The van der Waals surface area contributed by atoms with Crippen molar-refractivity contribution in [2.45, 2.75) is 36.5 Å². The lowest BCUT2D eigenvalue weighted by Crippen LogP contribution is -2.64. The summed E-state index contributed by atoms with van der Waals surface area (Å²) in [5, 5.41) is 10.6. The topological polar surface area (TPSA) is 41.9 Å². The van der Waals surface area contributed by atoms with Crippen LogP contribution in [0.5, 0.6) is 11.5 Å². The van der Waals surface area contributed by atoms with Crippen LogP contribution in [0.1, 0.15) is 21.7 Å². The Kier molecular flexibility index (Phi) is 1.90. The minimum Gasteiger partial charge on any atom is -0.493 e. The van der Waals surface area contributed by atoms with E-state index in [9.17, 15) is 5.11 Å².